The standard InChI is InChI=1S/C10H15ClN4O2/c1-3-17-10-13-8(11)12-9(14-10)15-4-5-16-6-7(15)2/h7H,3-6H2,1-2H3. The van der Waals surface area contributed by atoms with Crippen molar-refractivity contribution in [1.29, 1.82) is 0 Å². The van der Waals surface area contributed by atoms with Gasteiger partial charge in [0.15, 0.2) is 0 Å². The fourth-order valence-corrected chi connectivity index (χ4v) is 1.82. The lowest BCUT2D eigenvalue weighted by Crippen LogP contribution is -2.44. The first kappa shape index (κ1) is 12.3. The minimum absolute atomic E-state index is 0.150. The van der Waals surface area contributed by atoms with Gasteiger partial charge in [-0.25, -0.2) is 0 Å². The summed E-state index contributed by atoms with van der Waals surface area (Å²) in [7, 11) is 0. The minimum Gasteiger partial charge on any atom is -0.464 e. The summed E-state index contributed by atoms with van der Waals surface area (Å²) in [6, 6.07) is 0.484. The molecule has 6 nitrogen and oxygen atoms in total. The first-order valence-electron chi connectivity index (χ1n) is 5.59. The summed E-state index contributed by atoms with van der Waals surface area (Å²) in [5.41, 5.74) is 0. The van der Waals surface area contributed by atoms with Crippen molar-refractivity contribution in [3.05, 3.63) is 5.28 Å². The third-order valence-electron chi connectivity index (χ3n) is 2.47. The third-order valence-corrected chi connectivity index (χ3v) is 2.64. The molecule has 17 heavy (non-hydrogen) atoms. The molecular formula is C10H15ClN4O2. The molecule has 2 rings (SSSR count). The number of nitrogens with zero attached hydrogens (tertiary/aromatic N) is 4. The predicted molar refractivity (Wildman–Crippen MR) is 63.6 cm³/mol. The molecule has 0 aliphatic carbocycles. The Labute approximate surface area is 105 Å². The van der Waals surface area contributed by atoms with E-state index in [-0.39, 0.29) is 17.3 Å². The lowest BCUT2D eigenvalue weighted by molar-refractivity contribution is 0.0979. The summed E-state index contributed by atoms with van der Waals surface area (Å²) in [4.78, 5) is 14.3. The molecule has 7 heteroatoms. The second kappa shape index (κ2) is 5.46. The molecule has 1 atom stereocenters. The molecule has 0 saturated carbocycles. The Balaban J connectivity index is 2.24. The van der Waals surface area contributed by atoms with Crippen LogP contribution in [0.1, 0.15) is 13.8 Å². The number of hydrogen-bond donors (Lipinski definition) is 0. The largest absolute Gasteiger partial charge is 0.464 e. The molecule has 0 amide bonds. The highest BCUT2D eigenvalue weighted by Crippen LogP contribution is 2.19. The van der Waals surface area contributed by atoms with Crippen molar-refractivity contribution in [1.82, 2.24) is 15.0 Å². The van der Waals surface area contributed by atoms with Crippen LogP contribution < -0.4 is 9.64 Å². The maximum atomic E-state index is 5.85. The average molecular weight is 259 g/mol. The van der Waals surface area contributed by atoms with E-state index in [0.29, 0.717) is 25.8 Å². The van der Waals surface area contributed by atoms with E-state index in [9.17, 15) is 0 Å². The van der Waals surface area contributed by atoms with Crippen molar-refractivity contribution >= 4 is 17.5 Å². The van der Waals surface area contributed by atoms with Crippen LogP contribution in [0, 0.1) is 0 Å². The Kier molecular flexibility index (Phi) is 3.96. The van der Waals surface area contributed by atoms with Gasteiger partial charge in [0.25, 0.3) is 0 Å². The zero-order valence-electron chi connectivity index (χ0n) is 9.89. The fraction of sp³-hybridized carbons (Fsp3) is 0.700. The fourth-order valence-electron chi connectivity index (χ4n) is 1.67. The van der Waals surface area contributed by atoms with Gasteiger partial charge in [-0.3, -0.25) is 0 Å². The number of anilines is 1. The van der Waals surface area contributed by atoms with E-state index in [1.807, 2.05) is 11.8 Å². The van der Waals surface area contributed by atoms with Crippen LogP contribution >= 0.6 is 11.6 Å². The highest BCUT2D eigenvalue weighted by atomic mass is 35.5. The van der Waals surface area contributed by atoms with E-state index in [2.05, 4.69) is 21.9 Å². The summed E-state index contributed by atoms with van der Waals surface area (Å²) in [6.07, 6.45) is 0. The lowest BCUT2D eigenvalue weighted by atomic mass is 10.3. The molecule has 2 heterocycles. The quantitative estimate of drug-likeness (QED) is 0.811. The number of aromatic nitrogens is 3. The van der Waals surface area contributed by atoms with Gasteiger partial charge < -0.3 is 14.4 Å². The molecular weight excluding hydrogens is 244 g/mol. The molecule has 0 aromatic carbocycles. The Morgan fingerprint density at radius 3 is 3.00 bits per heavy atom. The minimum atomic E-state index is 0.150. The van der Waals surface area contributed by atoms with Gasteiger partial charge in [-0.2, -0.15) is 15.0 Å². The highest BCUT2D eigenvalue weighted by Gasteiger charge is 2.22. The summed E-state index contributed by atoms with van der Waals surface area (Å²) in [5, 5.41) is 0.150. The summed E-state index contributed by atoms with van der Waals surface area (Å²) in [6.45, 7) is 6.49. The predicted octanol–water partition coefficient (Wildman–Crippen LogP) is 1.15. The van der Waals surface area contributed by atoms with Crippen molar-refractivity contribution in [3.8, 4) is 6.01 Å². The Hall–Kier alpha value is -1.14. The van der Waals surface area contributed by atoms with Gasteiger partial charge in [0.2, 0.25) is 11.2 Å². The van der Waals surface area contributed by atoms with Crippen LogP contribution in [0.2, 0.25) is 5.28 Å². The molecule has 1 aliphatic rings. The molecule has 1 aliphatic heterocycles. The number of hydrogen-bond acceptors (Lipinski definition) is 6. The zero-order valence-corrected chi connectivity index (χ0v) is 10.6. The van der Waals surface area contributed by atoms with Crippen LogP contribution in [0.25, 0.3) is 0 Å². The maximum Gasteiger partial charge on any atom is 0.322 e. The van der Waals surface area contributed by atoms with Gasteiger partial charge in [-0.15, -0.1) is 0 Å². The SMILES string of the molecule is CCOc1nc(Cl)nc(N2CCOCC2C)n1. The van der Waals surface area contributed by atoms with Crippen LogP contribution in [0.5, 0.6) is 6.01 Å². The highest BCUT2D eigenvalue weighted by molar-refractivity contribution is 6.28. The normalized spacial score (nSPS) is 20.4. The van der Waals surface area contributed by atoms with Crippen molar-refractivity contribution in [2.45, 2.75) is 19.9 Å². The van der Waals surface area contributed by atoms with Gasteiger partial charge >= 0.3 is 6.01 Å². The number of rotatable bonds is 3. The van der Waals surface area contributed by atoms with E-state index >= 15 is 0 Å². The van der Waals surface area contributed by atoms with Gasteiger partial charge in [-0.05, 0) is 25.4 Å². The van der Waals surface area contributed by atoms with E-state index in [1.54, 1.807) is 0 Å². The topological polar surface area (TPSA) is 60.4 Å². The van der Waals surface area contributed by atoms with E-state index in [4.69, 9.17) is 21.1 Å². The van der Waals surface area contributed by atoms with Crippen LogP contribution in [0.4, 0.5) is 5.95 Å². The van der Waals surface area contributed by atoms with E-state index in [0.717, 1.165) is 6.54 Å². The monoisotopic (exact) mass is 258 g/mol. The second-order valence-corrected chi connectivity index (χ2v) is 4.08. The molecule has 1 saturated heterocycles. The third kappa shape index (κ3) is 2.95. The van der Waals surface area contributed by atoms with Crippen LogP contribution in [0.15, 0.2) is 0 Å². The molecule has 0 N–H and O–H groups in total. The first-order chi connectivity index (χ1) is 8.20. The van der Waals surface area contributed by atoms with Crippen molar-refractivity contribution in [2.75, 3.05) is 31.3 Å². The Bertz CT molecular complexity index is 391. The number of halogens is 1. The van der Waals surface area contributed by atoms with Gasteiger partial charge in [0.05, 0.1) is 25.9 Å². The first-order valence-corrected chi connectivity index (χ1v) is 5.97. The second-order valence-electron chi connectivity index (χ2n) is 3.74. The number of morpholine rings is 1. The van der Waals surface area contributed by atoms with Gasteiger partial charge in [-0.1, -0.05) is 0 Å². The van der Waals surface area contributed by atoms with Crippen LogP contribution in [-0.2, 0) is 4.74 Å². The molecule has 0 bridgehead atoms. The summed E-state index contributed by atoms with van der Waals surface area (Å²) < 4.78 is 10.6. The van der Waals surface area contributed by atoms with Crippen molar-refractivity contribution < 1.29 is 9.47 Å². The van der Waals surface area contributed by atoms with E-state index in [1.165, 1.54) is 0 Å². The van der Waals surface area contributed by atoms with Crippen molar-refractivity contribution in [2.24, 2.45) is 0 Å². The van der Waals surface area contributed by atoms with Gasteiger partial charge in [0.1, 0.15) is 0 Å². The van der Waals surface area contributed by atoms with Gasteiger partial charge in [0, 0.05) is 6.54 Å². The van der Waals surface area contributed by atoms with Crippen LogP contribution in [0.3, 0.4) is 0 Å². The van der Waals surface area contributed by atoms with Crippen LogP contribution in [-0.4, -0.2) is 47.4 Å². The molecule has 1 fully saturated rings. The smallest absolute Gasteiger partial charge is 0.322 e. The summed E-state index contributed by atoms with van der Waals surface area (Å²) in [5.74, 6) is 0.546. The maximum absolute atomic E-state index is 5.85. The van der Waals surface area contributed by atoms with Crippen molar-refractivity contribution in [3.63, 3.8) is 0 Å². The number of ether oxygens (including phenoxy) is 2. The molecule has 1 aromatic rings. The Morgan fingerprint density at radius 2 is 2.29 bits per heavy atom. The Morgan fingerprint density at radius 1 is 1.47 bits per heavy atom. The average Bonchev–Trinajstić information content (AvgIpc) is 2.29. The molecule has 0 spiro atoms. The molecule has 1 unspecified atom stereocenters. The van der Waals surface area contributed by atoms with E-state index < -0.39 is 0 Å². The molecule has 1 aromatic heterocycles. The molecule has 0 radical (unpaired) electrons. The molecule has 94 valence electrons. The lowest BCUT2D eigenvalue weighted by Gasteiger charge is -2.33. The summed E-state index contributed by atoms with van der Waals surface area (Å²) >= 11 is 5.85. The zero-order chi connectivity index (χ0) is 12.3.